The van der Waals surface area contributed by atoms with Gasteiger partial charge in [-0.05, 0) is 105 Å². The highest BCUT2D eigenvalue weighted by Gasteiger charge is 2.49. The number of fused-ring (bicyclic) bond motifs is 8. The summed E-state index contributed by atoms with van der Waals surface area (Å²) in [4.78, 5) is 51.7. The third kappa shape index (κ3) is 7.61. The number of carbonyl (C=O) groups excluding carboxylic acids is 3. The van der Waals surface area contributed by atoms with E-state index >= 15 is 0 Å². The highest BCUT2D eigenvalue weighted by molar-refractivity contribution is 6.19. The van der Waals surface area contributed by atoms with Gasteiger partial charge in [0, 0.05) is 56.8 Å². The molecule has 2 aliphatic heterocycles. The number of carbonyl (C=O) groups is 3. The summed E-state index contributed by atoms with van der Waals surface area (Å²) in [5.74, 6) is -2.57. The fourth-order valence-electron chi connectivity index (χ4n) is 8.77. The summed E-state index contributed by atoms with van der Waals surface area (Å²) >= 11 is 0. The summed E-state index contributed by atoms with van der Waals surface area (Å²) in [5.41, 5.74) is 8.81. The molecule has 11 nitrogen and oxygen atoms in total. The second-order valence-corrected chi connectivity index (χ2v) is 15.8. The maximum absolute atomic E-state index is 14.4. The molecule has 3 aliphatic rings. The van der Waals surface area contributed by atoms with Gasteiger partial charge in [0.05, 0.1) is 23.0 Å². The Bertz CT molecular complexity index is 2370. The molecule has 1 fully saturated rings. The molecule has 6 rings (SSSR count). The van der Waals surface area contributed by atoms with Gasteiger partial charge in [0.15, 0.2) is 12.6 Å². The van der Waals surface area contributed by atoms with Gasteiger partial charge in [-0.1, -0.05) is 52.3 Å². The fraction of sp³-hybridized carbons (Fsp3) is 0.444. The van der Waals surface area contributed by atoms with Crippen LogP contribution in [0.5, 0.6) is 0 Å². The molecule has 0 spiro atoms. The molecule has 8 bridgehead atoms. The number of esters is 2. The lowest BCUT2D eigenvalue weighted by atomic mass is 9.80. The number of Topliss-reactive ketones (excluding diaryl/α,β-unsaturated/α-hetero) is 1. The van der Waals surface area contributed by atoms with Crippen LogP contribution in [0.15, 0.2) is 23.9 Å². The van der Waals surface area contributed by atoms with E-state index in [1.54, 1.807) is 6.08 Å². The van der Waals surface area contributed by atoms with Crippen LogP contribution < -0.4 is 26.6 Å². The van der Waals surface area contributed by atoms with E-state index in [1.165, 1.54) is 5.57 Å². The number of allylic oxidation sites excluding steroid dienone is 2. The molecule has 0 aromatic carbocycles. The van der Waals surface area contributed by atoms with E-state index in [0.717, 1.165) is 65.0 Å². The van der Waals surface area contributed by atoms with Crippen LogP contribution in [-0.4, -0.2) is 62.3 Å². The number of hydrogen-bond acceptors (Lipinski definition) is 8. The zero-order valence-corrected chi connectivity index (χ0v) is 33.7. The molecule has 6 N–H and O–H groups in total. The summed E-state index contributed by atoms with van der Waals surface area (Å²) in [5, 5.41) is 26.3. The Morgan fingerprint density at radius 3 is 2.43 bits per heavy atom. The molecule has 1 saturated heterocycles. The van der Waals surface area contributed by atoms with Crippen molar-refractivity contribution >= 4 is 53.9 Å². The molecule has 11 heteroatoms. The molecule has 5 heterocycles. The van der Waals surface area contributed by atoms with Crippen molar-refractivity contribution in [2.24, 2.45) is 23.7 Å². The number of aliphatic hydroxyl groups excluding tert-OH is 2. The quantitative estimate of drug-likeness (QED) is 0.0637. The normalized spacial score (nSPS) is 22.6. The van der Waals surface area contributed by atoms with Gasteiger partial charge in [0.1, 0.15) is 12.5 Å². The first-order valence-corrected chi connectivity index (χ1v) is 19.8. The first-order valence-electron chi connectivity index (χ1n) is 19.8. The number of hydrogen-bond donors (Lipinski definition) is 6. The number of aromatic amines is 3. The van der Waals surface area contributed by atoms with E-state index in [1.807, 2.05) is 45.1 Å². The van der Waals surface area contributed by atoms with Crippen LogP contribution in [0.3, 0.4) is 0 Å². The van der Waals surface area contributed by atoms with Gasteiger partial charge in [-0.15, -0.1) is 0 Å². The second-order valence-electron chi connectivity index (χ2n) is 15.8. The van der Waals surface area contributed by atoms with Gasteiger partial charge in [0.25, 0.3) is 0 Å². The number of nitrogens with one attached hydrogen (secondary N) is 4. The van der Waals surface area contributed by atoms with Crippen LogP contribution in [0.2, 0.25) is 0 Å². The maximum atomic E-state index is 14.4. The molecular weight excluding hydrogens is 709 g/mol. The number of H-pyrrole nitrogens is 3. The van der Waals surface area contributed by atoms with Crippen molar-refractivity contribution < 1.29 is 34.1 Å². The highest BCUT2D eigenvalue weighted by atomic mass is 16.6. The number of aromatic nitrogens is 3. The van der Waals surface area contributed by atoms with Crippen molar-refractivity contribution in [2.75, 3.05) is 13.4 Å². The Balaban J connectivity index is 1.49. The Kier molecular flexibility index (Phi) is 12.1. The molecule has 3 aromatic heterocycles. The van der Waals surface area contributed by atoms with Crippen molar-refractivity contribution in [2.45, 2.75) is 93.0 Å². The van der Waals surface area contributed by atoms with Crippen molar-refractivity contribution in [3.63, 3.8) is 0 Å². The minimum absolute atomic E-state index is 0.134. The molecule has 56 heavy (non-hydrogen) atoms. The summed E-state index contributed by atoms with van der Waals surface area (Å²) in [6.07, 6.45) is 15.2. The number of rotatable bonds is 13. The minimum Gasteiger partial charge on any atom is -0.515 e. The SMILES string of the molecule is C=Cc1c2[nH]c(c1C)/C=C1\NC(C3=c4[nH]/c(c(C)c4C(=O)[C@@H]3C(=O)OCO)=C\c3[nH]c(/c(=C\O)c3CC)=C\2)[C@@H](CCC(=O)OC/C=C(\C)CCCC(C)C)[C@@H]1C. The first kappa shape index (κ1) is 40.4. The van der Waals surface area contributed by atoms with Gasteiger partial charge < -0.3 is 40.0 Å². The number of ketones is 1. The van der Waals surface area contributed by atoms with Crippen LogP contribution in [0.1, 0.15) is 116 Å². The largest absolute Gasteiger partial charge is 0.515 e. The Morgan fingerprint density at radius 1 is 1.00 bits per heavy atom. The summed E-state index contributed by atoms with van der Waals surface area (Å²) in [6.45, 7) is 17.9. The fourth-order valence-corrected chi connectivity index (χ4v) is 8.77. The molecule has 1 aliphatic carbocycles. The van der Waals surface area contributed by atoms with Gasteiger partial charge in [-0.25, -0.2) is 0 Å². The zero-order chi connectivity index (χ0) is 40.4. The first-order chi connectivity index (χ1) is 26.8. The lowest BCUT2D eigenvalue weighted by Crippen LogP contribution is -2.38. The Morgan fingerprint density at radius 2 is 1.75 bits per heavy atom. The monoisotopic (exact) mass is 764 g/mol. The standard InChI is InChI=1S/C45H56N4O7/c1-9-28-25(6)32-18-33-26(7)30(14-15-38(52)55-17-16-24(5)13-11-12-23(3)4)42(48-33)40-41(45(54)56-22-51)44(53)39-27(8)34(49-43(39)40)19-36-29(10-2)31(21-50)37(47-36)20-35(28)46-32/h9,16,18-21,23,26,30,41-42,46-51H,1,10-15,17,22H2,2-8H3/b24-16+,31-21-,33-18-,34-19-,37-20-/t26-,30-,41+,42?/m0/s1. The van der Waals surface area contributed by atoms with E-state index < -0.39 is 30.5 Å². The minimum atomic E-state index is -1.29. The van der Waals surface area contributed by atoms with Gasteiger partial charge in [-0.3, -0.25) is 14.4 Å². The van der Waals surface area contributed by atoms with Gasteiger partial charge in [0.2, 0.25) is 0 Å². The lowest BCUT2D eigenvalue weighted by Gasteiger charge is -2.25. The lowest BCUT2D eigenvalue weighted by molar-refractivity contribution is -0.153. The highest BCUT2D eigenvalue weighted by Crippen LogP contribution is 2.42. The maximum Gasteiger partial charge on any atom is 0.323 e. The predicted octanol–water partition coefficient (Wildman–Crippen LogP) is 4.58. The van der Waals surface area contributed by atoms with E-state index in [0.29, 0.717) is 56.7 Å². The van der Waals surface area contributed by atoms with E-state index in [2.05, 4.69) is 54.5 Å². The smallest absolute Gasteiger partial charge is 0.323 e. The zero-order valence-electron chi connectivity index (χ0n) is 33.7. The average Bonchev–Trinajstić information content (AvgIpc) is 3.91. The summed E-state index contributed by atoms with van der Waals surface area (Å²) in [6, 6.07) is -0.550. The van der Waals surface area contributed by atoms with Crippen LogP contribution in [0.25, 0.3) is 36.1 Å². The van der Waals surface area contributed by atoms with Gasteiger partial charge in [-0.2, -0.15) is 0 Å². The van der Waals surface area contributed by atoms with E-state index in [4.69, 9.17) is 9.47 Å². The molecule has 0 radical (unpaired) electrons. The molecule has 0 saturated carbocycles. The Labute approximate surface area is 327 Å². The summed E-state index contributed by atoms with van der Waals surface area (Å²) < 4.78 is 10.8. The van der Waals surface area contributed by atoms with Crippen LogP contribution >= 0.6 is 0 Å². The number of aliphatic hydroxyl groups is 2. The molecular formula is C45H56N4O7. The molecule has 1 unspecified atom stereocenters. The van der Waals surface area contributed by atoms with Crippen LogP contribution in [0, 0.1) is 37.5 Å². The topological polar surface area (TPSA) is 170 Å². The molecule has 3 aromatic rings. The third-order valence-corrected chi connectivity index (χ3v) is 11.9. The molecule has 298 valence electrons. The van der Waals surface area contributed by atoms with Crippen molar-refractivity contribution in [3.05, 3.63) is 90.1 Å². The van der Waals surface area contributed by atoms with Gasteiger partial charge >= 0.3 is 11.9 Å². The predicted molar refractivity (Wildman–Crippen MR) is 219 cm³/mol. The molecule has 0 amide bonds. The second kappa shape index (κ2) is 16.8. The number of ether oxygens (including phenoxy) is 2. The third-order valence-electron chi connectivity index (χ3n) is 11.9. The van der Waals surface area contributed by atoms with Crippen molar-refractivity contribution in [1.82, 2.24) is 20.3 Å². The van der Waals surface area contributed by atoms with E-state index in [9.17, 15) is 24.6 Å². The average molecular weight is 765 g/mol. The summed E-state index contributed by atoms with van der Waals surface area (Å²) in [7, 11) is 0. The van der Waals surface area contributed by atoms with Crippen molar-refractivity contribution in [1.29, 1.82) is 0 Å². The van der Waals surface area contributed by atoms with E-state index in [-0.39, 0.29) is 30.8 Å². The van der Waals surface area contributed by atoms with Crippen LogP contribution in [-0.2, 0) is 25.5 Å². The molecule has 4 atom stereocenters. The van der Waals surface area contributed by atoms with Crippen molar-refractivity contribution in [3.8, 4) is 0 Å². The Hall–Kier alpha value is -5.29. The van der Waals surface area contributed by atoms with Crippen LogP contribution in [0.4, 0.5) is 0 Å².